The molecule has 0 radical (unpaired) electrons. The summed E-state index contributed by atoms with van der Waals surface area (Å²) >= 11 is 8.84. The molecule has 0 spiro atoms. The van der Waals surface area contributed by atoms with Gasteiger partial charge in [0.25, 0.3) is 0 Å². The zero-order chi connectivity index (χ0) is 14.2. The van der Waals surface area contributed by atoms with Gasteiger partial charge in [-0.05, 0) is 24.6 Å². The molecular weight excluding hydrogens is 320 g/mol. The van der Waals surface area contributed by atoms with Gasteiger partial charge in [-0.15, -0.1) is 0 Å². The van der Waals surface area contributed by atoms with Gasteiger partial charge in [-0.2, -0.15) is 0 Å². The van der Waals surface area contributed by atoms with Gasteiger partial charge in [-0.3, -0.25) is 0 Å². The van der Waals surface area contributed by atoms with Crippen LogP contribution in [-0.4, -0.2) is 9.97 Å². The minimum absolute atomic E-state index is 0.0502. The number of hydrogen-bond donors (Lipinski definition) is 1. The molecule has 0 saturated carbocycles. The highest BCUT2D eigenvalue weighted by Gasteiger charge is 2.18. The first-order valence-electron chi connectivity index (χ1n) is 6.16. The van der Waals surface area contributed by atoms with Crippen LogP contribution in [-0.2, 0) is 5.41 Å². The third kappa shape index (κ3) is 3.12. The molecule has 2 aromatic rings. The van der Waals surface area contributed by atoms with Crippen molar-refractivity contribution in [3.63, 3.8) is 0 Å². The SMILES string of the molecule is Cc1c(-c2ccc(Br)cc2)[nH]c(C(C)(C)C)nc1=S. The van der Waals surface area contributed by atoms with E-state index in [0.29, 0.717) is 4.64 Å². The average molecular weight is 337 g/mol. The molecule has 0 aliphatic carbocycles. The quantitative estimate of drug-likeness (QED) is 0.727. The van der Waals surface area contributed by atoms with Crippen LogP contribution in [0.1, 0.15) is 32.2 Å². The van der Waals surface area contributed by atoms with Crippen molar-refractivity contribution in [1.82, 2.24) is 9.97 Å². The average Bonchev–Trinajstić information content (AvgIpc) is 2.32. The van der Waals surface area contributed by atoms with Crippen molar-refractivity contribution in [2.75, 3.05) is 0 Å². The maximum Gasteiger partial charge on any atom is 0.133 e. The number of hydrogen-bond acceptors (Lipinski definition) is 2. The molecule has 19 heavy (non-hydrogen) atoms. The Morgan fingerprint density at radius 2 is 1.74 bits per heavy atom. The van der Waals surface area contributed by atoms with Crippen molar-refractivity contribution in [3.8, 4) is 11.3 Å². The first kappa shape index (κ1) is 14.4. The van der Waals surface area contributed by atoms with Crippen LogP contribution >= 0.6 is 28.1 Å². The molecule has 1 N–H and O–H groups in total. The van der Waals surface area contributed by atoms with E-state index in [1.54, 1.807) is 0 Å². The fraction of sp³-hybridized carbons (Fsp3) is 0.333. The standard InChI is InChI=1S/C15H17BrN2S/c1-9-12(10-5-7-11(16)8-6-10)17-14(15(2,3)4)18-13(9)19/h5-8H,1-4H3,(H,17,18,19). The van der Waals surface area contributed by atoms with Crippen molar-refractivity contribution in [3.05, 3.63) is 44.8 Å². The maximum absolute atomic E-state index is 5.38. The predicted molar refractivity (Wildman–Crippen MR) is 86.0 cm³/mol. The van der Waals surface area contributed by atoms with E-state index in [1.165, 1.54) is 0 Å². The fourth-order valence-electron chi connectivity index (χ4n) is 1.79. The van der Waals surface area contributed by atoms with Gasteiger partial charge in [0.05, 0.1) is 5.69 Å². The molecule has 1 heterocycles. The number of aromatic amines is 1. The summed E-state index contributed by atoms with van der Waals surface area (Å²) in [6, 6.07) is 8.21. The highest BCUT2D eigenvalue weighted by molar-refractivity contribution is 9.10. The lowest BCUT2D eigenvalue weighted by atomic mass is 9.95. The van der Waals surface area contributed by atoms with E-state index in [1.807, 2.05) is 19.1 Å². The third-order valence-corrected chi connectivity index (χ3v) is 3.92. The van der Waals surface area contributed by atoms with Gasteiger partial charge in [0.2, 0.25) is 0 Å². The fourth-order valence-corrected chi connectivity index (χ4v) is 2.25. The molecule has 2 nitrogen and oxygen atoms in total. The maximum atomic E-state index is 5.38. The van der Waals surface area contributed by atoms with Crippen molar-refractivity contribution in [1.29, 1.82) is 0 Å². The van der Waals surface area contributed by atoms with Gasteiger partial charge in [-0.25, -0.2) is 4.98 Å². The molecule has 4 heteroatoms. The van der Waals surface area contributed by atoms with Crippen molar-refractivity contribution in [2.24, 2.45) is 0 Å². The minimum Gasteiger partial charge on any atom is -0.342 e. The molecular formula is C15H17BrN2S. The summed E-state index contributed by atoms with van der Waals surface area (Å²) < 4.78 is 1.74. The van der Waals surface area contributed by atoms with E-state index < -0.39 is 0 Å². The molecule has 1 aromatic heterocycles. The molecule has 100 valence electrons. The van der Waals surface area contributed by atoms with Gasteiger partial charge >= 0.3 is 0 Å². The predicted octanol–water partition coefficient (Wildman–Crippen LogP) is 5.17. The summed E-state index contributed by atoms with van der Waals surface area (Å²) in [7, 11) is 0. The normalized spacial score (nSPS) is 11.6. The number of rotatable bonds is 1. The lowest BCUT2D eigenvalue weighted by molar-refractivity contribution is 0.544. The number of halogens is 1. The molecule has 0 unspecified atom stereocenters. The third-order valence-electron chi connectivity index (χ3n) is 3.00. The van der Waals surface area contributed by atoms with Crippen molar-refractivity contribution >= 4 is 28.1 Å². The Labute approximate surface area is 127 Å². The van der Waals surface area contributed by atoms with E-state index in [9.17, 15) is 0 Å². The molecule has 0 aliphatic heterocycles. The second-order valence-corrected chi connectivity index (χ2v) is 6.95. The first-order chi connectivity index (χ1) is 8.79. The highest BCUT2D eigenvalue weighted by Crippen LogP contribution is 2.26. The Balaban J connectivity index is 2.66. The highest BCUT2D eigenvalue weighted by atomic mass is 79.9. The molecule has 2 rings (SSSR count). The summed E-state index contributed by atoms with van der Waals surface area (Å²) in [5.74, 6) is 0.918. The Morgan fingerprint density at radius 3 is 2.26 bits per heavy atom. The number of H-pyrrole nitrogens is 1. The van der Waals surface area contributed by atoms with E-state index >= 15 is 0 Å². The Bertz CT molecular complexity index is 651. The van der Waals surface area contributed by atoms with Crippen LogP contribution in [0.3, 0.4) is 0 Å². The van der Waals surface area contributed by atoms with Crippen molar-refractivity contribution < 1.29 is 0 Å². The number of aromatic nitrogens is 2. The largest absolute Gasteiger partial charge is 0.342 e. The summed E-state index contributed by atoms with van der Waals surface area (Å²) in [5.41, 5.74) is 3.15. The summed E-state index contributed by atoms with van der Waals surface area (Å²) in [4.78, 5) is 7.93. The van der Waals surface area contributed by atoms with Gasteiger partial charge < -0.3 is 4.98 Å². The van der Waals surface area contributed by atoms with Crippen molar-refractivity contribution in [2.45, 2.75) is 33.1 Å². The van der Waals surface area contributed by atoms with Crippen LogP contribution in [0.25, 0.3) is 11.3 Å². The monoisotopic (exact) mass is 336 g/mol. The van der Waals surface area contributed by atoms with E-state index in [2.05, 4.69) is 58.8 Å². The van der Waals surface area contributed by atoms with Gasteiger partial charge in [0.1, 0.15) is 10.5 Å². The summed E-state index contributed by atoms with van der Waals surface area (Å²) in [5, 5.41) is 0. The molecule has 0 aliphatic rings. The van der Waals surface area contributed by atoms with Crippen LogP contribution < -0.4 is 0 Å². The van der Waals surface area contributed by atoms with Crippen LogP contribution in [0.4, 0.5) is 0 Å². The van der Waals surface area contributed by atoms with Crippen LogP contribution in [0.5, 0.6) is 0 Å². The lowest BCUT2D eigenvalue weighted by Gasteiger charge is -2.19. The topological polar surface area (TPSA) is 28.7 Å². The van der Waals surface area contributed by atoms with E-state index in [4.69, 9.17) is 12.2 Å². The second-order valence-electron chi connectivity index (χ2n) is 5.65. The number of nitrogens with one attached hydrogen (secondary N) is 1. The van der Waals surface area contributed by atoms with Gasteiger partial charge in [-0.1, -0.05) is 61.1 Å². The Kier molecular flexibility index (Phi) is 3.92. The molecule has 0 fully saturated rings. The number of nitrogens with zero attached hydrogens (tertiary/aromatic N) is 1. The Hall–Kier alpha value is -1.00. The molecule has 1 aromatic carbocycles. The Morgan fingerprint density at radius 1 is 1.16 bits per heavy atom. The van der Waals surface area contributed by atoms with Crippen LogP contribution in [0.2, 0.25) is 0 Å². The van der Waals surface area contributed by atoms with Crippen LogP contribution in [0, 0.1) is 11.6 Å². The first-order valence-corrected chi connectivity index (χ1v) is 7.36. The van der Waals surface area contributed by atoms with E-state index in [-0.39, 0.29) is 5.41 Å². The summed E-state index contributed by atoms with van der Waals surface area (Å²) in [6.45, 7) is 8.39. The number of benzene rings is 1. The minimum atomic E-state index is -0.0502. The zero-order valence-electron chi connectivity index (χ0n) is 11.5. The van der Waals surface area contributed by atoms with E-state index in [0.717, 1.165) is 27.1 Å². The molecule has 0 atom stereocenters. The summed E-state index contributed by atoms with van der Waals surface area (Å²) in [6.07, 6.45) is 0. The molecule has 0 amide bonds. The molecule has 0 saturated heterocycles. The van der Waals surface area contributed by atoms with Gasteiger partial charge in [0.15, 0.2) is 0 Å². The molecule has 0 bridgehead atoms. The zero-order valence-corrected chi connectivity index (χ0v) is 13.9. The van der Waals surface area contributed by atoms with Gasteiger partial charge in [0, 0.05) is 15.5 Å². The smallest absolute Gasteiger partial charge is 0.133 e. The van der Waals surface area contributed by atoms with Crippen LogP contribution in [0.15, 0.2) is 28.7 Å². The lowest BCUT2D eigenvalue weighted by Crippen LogP contribution is -2.17. The second kappa shape index (κ2) is 5.17.